The van der Waals surface area contributed by atoms with Crippen molar-refractivity contribution in [2.24, 2.45) is 11.8 Å². The lowest BCUT2D eigenvalue weighted by atomic mass is 10.1. The lowest BCUT2D eigenvalue weighted by Crippen LogP contribution is -2.34. The number of hydrogen-bond acceptors (Lipinski definition) is 4. The van der Waals surface area contributed by atoms with E-state index in [1.54, 1.807) is 0 Å². The SMILES string of the molecule is CCCCn1c(N)c(NCC2CCC(C)C2)c(=O)[nH]c1=O. The maximum absolute atomic E-state index is 11.9. The molecule has 118 valence electrons. The van der Waals surface area contributed by atoms with Gasteiger partial charge in [-0.2, -0.15) is 0 Å². The van der Waals surface area contributed by atoms with Crippen LogP contribution in [0, 0.1) is 11.8 Å². The number of aromatic amines is 1. The Morgan fingerprint density at radius 3 is 2.76 bits per heavy atom. The predicted molar refractivity (Wildman–Crippen MR) is 85.6 cm³/mol. The van der Waals surface area contributed by atoms with Crippen molar-refractivity contribution in [1.29, 1.82) is 0 Å². The largest absolute Gasteiger partial charge is 0.383 e. The summed E-state index contributed by atoms with van der Waals surface area (Å²) in [5.41, 5.74) is 5.51. The summed E-state index contributed by atoms with van der Waals surface area (Å²) in [5.74, 6) is 1.59. The fourth-order valence-corrected chi connectivity index (χ4v) is 3.05. The number of aromatic nitrogens is 2. The molecule has 0 amide bonds. The fourth-order valence-electron chi connectivity index (χ4n) is 3.05. The molecule has 1 saturated carbocycles. The number of anilines is 2. The van der Waals surface area contributed by atoms with E-state index in [1.807, 2.05) is 6.92 Å². The van der Waals surface area contributed by atoms with Gasteiger partial charge in [-0.1, -0.05) is 26.7 Å². The van der Waals surface area contributed by atoms with Gasteiger partial charge in [-0.15, -0.1) is 0 Å². The van der Waals surface area contributed by atoms with Crippen LogP contribution in [-0.2, 0) is 6.54 Å². The van der Waals surface area contributed by atoms with E-state index in [0.717, 1.165) is 25.3 Å². The smallest absolute Gasteiger partial charge is 0.330 e. The molecule has 6 nitrogen and oxygen atoms in total. The van der Waals surface area contributed by atoms with Gasteiger partial charge in [0.05, 0.1) is 0 Å². The van der Waals surface area contributed by atoms with Crippen molar-refractivity contribution in [2.75, 3.05) is 17.6 Å². The number of nitrogens with zero attached hydrogens (tertiary/aromatic N) is 1. The van der Waals surface area contributed by atoms with Crippen LogP contribution < -0.4 is 22.3 Å². The molecular formula is C15H26N4O2. The van der Waals surface area contributed by atoms with Crippen molar-refractivity contribution in [1.82, 2.24) is 9.55 Å². The Morgan fingerprint density at radius 1 is 1.38 bits per heavy atom. The van der Waals surface area contributed by atoms with Crippen molar-refractivity contribution < 1.29 is 0 Å². The van der Waals surface area contributed by atoms with E-state index in [2.05, 4.69) is 17.2 Å². The summed E-state index contributed by atoms with van der Waals surface area (Å²) in [6.45, 7) is 5.58. The first-order chi connectivity index (χ1) is 10.0. The Kier molecular flexibility index (Phi) is 5.09. The van der Waals surface area contributed by atoms with Gasteiger partial charge < -0.3 is 11.1 Å². The summed E-state index contributed by atoms with van der Waals surface area (Å²) < 4.78 is 1.45. The summed E-state index contributed by atoms with van der Waals surface area (Å²) in [5, 5.41) is 3.16. The molecular weight excluding hydrogens is 268 g/mol. The lowest BCUT2D eigenvalue weighted by Gasteiger charge is -2.16. The third kappa shape index (κ3) is 3.68. The zero-order valence-corrected chi connectivity index (χ0v) is 12.9. The first-order valence-electron chi connectivity index (χ1n) is 7.89. The highest BCUT2D eigenvalue weighted by Crippen LogP contribution is 2.30. The van der Waals surface area contributed by atoms with Crippen molar-refractivity contribution in [3.05, 3.63) is 20.8 Å². The second kappa shape index (κ2) is 6.83. The third-order valence-corrected chi connectivity index (χ3v) is 4.35. The van der Waals surface area contributed by atoms with Crippen LogP contribution >= 0.6 is 0 Å². The summed E-state index contributed by atoms with van der Waals surface area (Å²) in [6, 6.07) is 0. The Balaban J connectivity index is 2.14. The molecule has 2 rings (SSSR count). The first kappa shape index (κ1) is 15.7. The highest BCUT2D eigenvalue weighted by atomic mass is 16.2. The van der Waals surface area contributed by atoms with Crippen LogP contribution in [0.5, 0.6) is 0 Å². The van der Waals surface area contributed by atoms with Crippen molar-refractivity contribution in [3.8, 4) is 0 Å². The highest BCUT2D eigenvalue weighted by Gasteiger charge is 2.22. The van der Waals surface area contributed by atoms with Crippen LogP contribution in [0.25, 0.3) is 0 Å². The zero-order valence-electron chi connectivity index (χ0n) is 12.9. The Labute approximate surface area is 124 Å². The maximum atomic E-state index is 11.9. The fraction of sp³-hybridized carbons (Fsp3) is 0.733. The van der Waals surface area contributed by atoms with Crippen LogP contribution in [0.2, 0.25) is 0 Å². The van der Waals surface area contributed by atoms with Gasteiger partial charge in [-0.3, -0.25) is 14.3 Å². The van der Waals surface area contributed by atoms with Gasteiger partial charge >= 0.3 is 5.69 Å². The minimum absolute atomic E-state index is 0.253. The average molecular weight is 294 g/mol. The van der Waals surface area contributed by atoms with E-state index in [9.17, 15) is 9.59 Å². The minimum atomic E-state index is -0.425. The number of hydrogen-bond donors (Lipinski definition) is 3. The highest BCUT2D eigenvalue weighted by molar-refractivity contribution is 5.60. The van der Waals surface area contributed by atoms with Gasteiger partial charge in [0.15, 0.2) is 0 Å². The normalized spacial score (nSPS) is 21.6. The standard InChI is InChI=1S/C15H26N4O2/c1-3-4-7-19-13(16)12(14(20)18-15(19)21)17-9-11-6-5-10(2)8-11/h10-11,17H,3-9,16H2,1-2H3,(H,18,20,21). The Hall–Kier alpha value is -1.72. The molecule has 1 aliphatic rings. The van der Waals surface area contributed by atoms with Crippen molar-refractivity contribution in [2.45, 2.75) is 52.5 Å². The van der Waals surface area contributed by atoms with Crippen molar-refractivity contribution >= 4 is 11.5 Å². The second-order valence-corrected chi connectivity index (χ2v) is 6.19. The van der Waals surface area contributed by atoms with E-state index in [1.165, 1.54) is 23.8 Å². The van der Waals surface area contributed by atoms with Crippen LogP contribution in [-0.4, -0.2) is 16.1 Å². The summed E-state index contributed by atoms with van der Waals surface area (Å²) in [6.07, 6.45) is 5.43. The van der Waals surface area contributed by atoms with Crippen LogP contribution in [0.3, 0.4) is 0 Å². The summed E-state index contributed by atoms with van der Waals surface area (Å²) >= 11 is 0. The molecule has 1 fully saturated rings. The molecule has 1 aliphatic carbocycles. The van der Waals surface area contributed by atoms with Gasteiger partial charge in [0, 0.05) is 13.1 Å². The van der Waals surface area contributed by atoms with Crippen LogP contribution in [0.1, 0.15) is 46.0 Å². The van der Waals surface area contributed by atoms with Crippen LogP contribution in [0.4, 0.5) is 11.5 Å². The summed E-state index contributed by atoms with van der Waals surface area (Å²) in [7, 11) is 0. The van der Waals surface area contributed by atoms with Gasteiger partial charge in [0.1, 0.15) is 11.5 Å². The monoisotopic (exact) mass is 294 g/mol. The predicted octanol–water partition coefficient (Wildman–Crippen LogP) is 1.77. The number of nitrogens with two attached hydrogens (primary N) is 1. The molecule has 0 radical (unpaired) electrons. The number of H-pyrrole nitrogens is 1. The molecule has 0 spiro atoms. The topological polar surface area (TPSA) is 92.9 Å². The molecule has 4 N–H and O–H groups in total. The average Bonchev–Trinajstić information content (AvgIpc) is 2.84. The third-order valence-electron chi connectivity index (χ3n) is 4.35. The number of unbranched alkanes of at least 4 members (excludes halogenated alkanes) is 1. The van der Waals surface area contributed by atoms with Gasteiger partial charge in [-0.05, 0) is 31.1 Å². The van der Waals surface area contributed by atoms with Gasteiger partial charge in [-0.25, -0.2) is 4.79 Å². The summed E-state index contributed by atoms with van der Waals surface area (Å²) in [4.78, 5) is 26.1. The Bertz CT molecular complexity index is 590. The van der Waals surface area contributed by atoms with E-state index in [0.29, 0.717) is 18.2 Å². The molecule has 21 heavy (non-hydrogen) atoms. The molecule has 0 aromatic carbocycles. The molecule has 0 aliphatic heterocycles. The second-order valence-electron chi connectivity index (χ2n) is 6.19. The maximum Gasteiger partial charge on any atom is 0.330 e. The quantitative estimate of drug-likeness (QED) is 0.745. The van der Waals surface area contributed by atoms with Crippen LogP contribution in [0.15, 0.2) is 9.59 Å². The lowest BCUT2D eigenvalue weighted by molar-refractivity contribution is 0.536. The molecule has 0 bridgehead atoms. The molecule has 1 aromatic rings. The van der Waals surface area contributed by atoms with Gasteiger partial charge in [0.2, 0.25) is 0 Å². The first-order valence-corrected chi connectivity index (χ1v) is 7.89. The van der Waals surface area contributed by atoms with E-state index < -0.39 is 11.2 Å². The molecule has 0 saturated heterocycles. The number of nitrogens with one attached hydrogen (secondary N) is 2. The molecule has 1 aromatic heterocycles. The van der Waals surface area contributed by atoms with Gasteiger partial charge in [0.25, 0.3) is 5.56 Å². The molecule has 2 unspecified atom stereocenters. The van der Waals surface area contributed by atoms with E-state index in [-0.39, 0.29) is 5.82 Å². The van der Waals surface area contributed by atoms with E-state index in [4.69, 9.17) is 5.73 Å². The number of rotatable bonds is 6. The zero-order chi connectivity index (χ0) is 15.4. The van der Waals surface area contributed by atoms with Crippen molar-refractivity contribution in [3.63, 3.8) is 0 Å². The van der Waals surface area contributed by atoms with E-state index >= 15 is 0 Å². The molecule has 6 heteroatoms. The molecule has 2 atom stereocenters. The Morgan fingerprint density at radius 2 is 2.14 bits per heavy atom. The minimum Gasteiger partial charge on any atom is -0.383 e. The molecule has 1 heterocycles. The number of nitrogen functional groups attached to an aromatic ring is 1.